The molecule has 0 aromatic carbocycles. The van der Waals surface area contributed by atoms with Crippen molar-refractivity contribution in [3.05, 3.63) is 88.8 Å². The molecule has 1 aliphatic heterocycles. The lowest BCUT2D eigenvalue weighted by Gasteiger charge is -2.27. The lowest BCUT2D eigenvalue weighted by atomic mass is 10.1. The summed E-state index contributed by atoms with van der Waals surface area (Å²) in [7, 11) is 0. The zero-order chi connectivity index (χ0) is 30.9. The van der Waals surface area contributed by atoms with Crippen molar-refractivity contribution in [2.75, 3.05) is 0 Å². The SMILES string of the molecule is CCC(=O)N1Cc2cncc(c2)CN(C(=O)CC(C)C)Cc2cncc(c2)CN(C(=O)CC(C)C)Cc2cncc(c2)C1. The van der Waals surface area contributed by atoms with E-state index in [-0.39, 0.29) is 29.6 Å². The van der Waals surface area contributed by atoms with Crippen LogP contribution in [0.1, 0.15) is 87.3 Å². The van der Waals surface area contributed by atoms with Crippen LogP contribution in [0.3, 0.4) is 0 Å². The van der Waals surface area contributed by atoms with Gasteiger partial charge in [-0.3, -0.25) is 29.3 Å². The Kier molecular flexibility index (Phi) is 11.0. The van der Waals surface area contributed by atoms with Crippen LogP contribution in [-0.4, -0.2) is 47.4 Å². The van der Waals surface area contributed by atoms with Gasteiger partial charge in [-0.1, -0.05) is 34.6 Å². The Morgan fingerprint density at radius 1 is 0.535 bits per heavy atom. The molecule has 3 aromatic heterocycles. The Morgan fingerprint density at radius 2 is 0.791 bits per heavy atom. The van der Waals surface area contributed by atoms with E-state index in [1.54, 1.807) is 37.2 Å². The minimum Gasteiger partial charge on any atom is -0.334 e. The molecule has 9 nitrogen and oxygen atoms in total. The zero-order valence-corrected chi connectivity index (χ0v) is 26.1. The highest BCUT2D eigenvalue weighted by Gasteiger charge is 2.21. The maximum atomic E-state index is 13.4. The van der Waals surface area contributed by atoms with Crippen molar-refractivity contribution in [2.45, 2.75) is 93.1 Å². The third-order valence-electron chi connectivity index (χ3n) is 7.32. The molecule has 0 aliphatic carbocycles. The third kappa shape index (κ3) is 9.43. The van der Waals surface area contributed by atoms with Gasteiger partial charge in [0.05, 0.1) is 0 Å². The highest BCUT2D eigenvalue weighted by atomic mass is 16.2. The monoisotopic (exact) mass is 584 g/mol. The van der Waals surface area contributed by atoms with Crippen molar-refractivity contribution >= 4 is 17.7 Å². The first-order valence-corrected chi connectivity index (χ1v) is 15.2. The molecule has 4 rings (SSSR count). The van der Waals surface area contributed by atoms with E-state index in [2.05, 4.69) is 15.0 Å². The van der Waals surface area contributed by atoms with Gasteiger partial charge in [0.1, 0.15) is 0 Å². The molecule has 0 saturated carbocycles. The Bertz CT molecular complexity index is 1330. The van der Waals surface area contributed by atoms with Gasteiger partial charge >= 0.3 is 0 Å². The first-order chi connectivity index (χ1) is 20.6. The Morgan fingerprint density at radius 3 is 1.02 bits per heavy atom. The minimum absolute atomic E-state index is 0.0265. The van der Waals surface area contributed by atoms with Crippen LogP contribution in [0.2, 0.25) is 0 Å². The van der Waals surface area contributed by atoms with E-state index in [0.29, 0.717) is 58.5 Å². The van der Waals surface area contributed by atoms with Crippen LogP contribution in [0, 0.1) is 11.8 Å². The van der Waals surface area contributed by atoms with Crippen LogP contribution in [0.15, 0.2) is 55.4 Å². The molecule has 0 radical (unpaired) electrons. The highest BCUT2D eigenvalue weighted by Crippen LogP contribution is 2.20. The van der Waals surface area contributed by atoms with Crippen LogP contribution in [0.5, 0.6) is 0 Å². The summed E-state index contributed by atoms with van der Waals surface area (Å²) >= 11 is 0. The number of carbonyl (C=O) groups excluding carboxylic acids is 3. The summed E-state index contributed by atoms with van der Waals surface area (Å²) in [6, 6.07) is 6.10. The summed E-state index contributed by atoms with van der Waals surface area (Å²) in [5, 5.41) is 0. The number of hydrogen-bond acceptors (Lipinski definition) is 6. The quantitative estimate of drug-likeness (QED) is 0.405. The van der Waals surface area contributed by atoms with Gasteiger partial charge in [-0.2, -0.15) is 0 Å². The van der Waals surface area contributed by atoms with E-state index in [9.17, 15) is 14.4 Å². The molecule has 0 fully saturated rings. The molecule has 0 N–H and O–H groups in total. The molecule has 0 spiro atoms. The number of nitrogens with zero attached hydrogens (tertiary/aromatic N) is 6. The van der Waals surface area contributed by atoms with Crippen molar-refractivity contribution < 1.29 is 14.4 Å². The molecule has 3 amide bonds. The molecular weight excluding hydrogens is 540 g/mol. The van der Waals surface area contributed by atoms with Gasteiger partial charge in [0, 0.05) is 95.7 Å². The fourth-order valence-corrected chi connectivity index (χ4v) is 5.34. The predicted octanol–water partition coefficient (Wildman–Crippen LogP) is 5.27. The van der Waals surface area contributed by atoms with Crippen molar-refractivity contribution in [1.82, 2.24) is 29.7 Å². The fraction of sp³-hybridized carbons (Fsp3) is 0.471. The first-order valence-electron chi connectivity index (χ1n) is 15.2. The van der Waals surface area contributed by atoms with Gasteiger partial charge in [0.2, 0.25) is 17.7 Å². The van der Waals surface area contributed by atoms with E-state index in [0.717, 1.165) is 33.4 Å². The van der Waals surface area contributed by atoms with E-state index in [4.69, 9.17) is 0 Å². The number of rotatable bonds is 5. The van der Waals surface area contributed by atoms with Crippen molar-refractivity contribution in [3.63, 3.8) is 0 Å². The van der Waals surface area contributed by atoms with Gasteiger partial charge < -0.3 is 14.7 Å². The van der Waals surface area contributed by atoms with Crippen molar-refractivity contribution in [1.29, 1.82) is 0 Å². The van der Waals surface area contributed by atoms with Crippen LogP contribution in [0.4, 0.5) is 0 Å². The zero-order valence-electron chi connectivity index (χ0n) is 26.1. The lowest BCUT2D eigenvalue weighted by Crippen LogP contribution is -2.32. The molecule has 9 heteroatoms. The van der Waals surface area contributed by atoms with Crippen LogP contribution in [0.25, 0.3) is 0 Å². The average molecular weight is 585 g/mol. The maximum Gasteiger partial charge on any atom is 0.223 e. The molecule has 4 heterocycles. The molecule has 228 valence electrons. The highest BCUT2D eigenvalue weighted by molar-refractivity contribution is 5.77. The number of carbonyl (C=O) groups is 3. The summed E-state index contributed by atoms with van der Waals surface area (Å²) in [4.78, 5) is 58.8. The van der Waals surface area contributed by atoms with E-state index < -0.39 is 0 Å². The Balaban J connectivity index is 1.77. The third-order valence-corrected chi connectivity index (χ3v) is 7.32. The number of fused-ring (bicyclic) bond motifs is 6. The second-order valence-corrected chi connectivity index (χ2v) is 12.4. The van der Waals surface area contributed by atoms with E-state index in [1.165, 1.54) is 0 Å². The molecule has 0 unspecified atom stereocenters. The predicted molar refractivity (Wildman–Crippen MR) is 165 cm³/mol. The van der Waals surface area contributed by atoms with Crippen LogP contribution in [-0.2, 0) is 53.7 Å². The minimum atomic E-state index is 0.0265. The maximum absolute atomic E-state index is 13.4. The Hall–Kier alpha value is -4.14. The molecule has 43 heavy (non-hydrogen) atoms. The van der Waals surface area contributed by atoms with Gasteiger partial charge in [-0.05, 0) is 63.4 Å². The summed E-state index contributed by atoms with van der Waals surface area (Å²) in [5.41, 5.74) is 5.40. The normalized spacial score (nSPS) is 14.4. The standard InChI is InChI=1S/C34H44N6O3/c1-6-32(41)38-18-26-9-28(14-35-12-26)20-39(33(42)7-24(2)3)22-30-11-31(17-37-16-30)23-40(34(43)8-25(4)5)21-29-10-27(19-38)13-36-15-29/h9-17,24-25H,6-8,18-23H2,1-5H3. The molecule has 0 atom stereocenters. The van der Waals surface area contributed by atoms with Gasteiger partial charge in [-0.15, -0.1) is 0 Å². The summed E-state index contributed by atoms with van der Waals surface area (Å²) in [6.45, 7) is 12.4. The topological polar surface area (TPSA) is 99.6 Å². The smallest absolute Gasteiger partial charge is 0.223 e. The number of amides is 3. The second kappa shape index (κ2) is 14.8. The van der Waals surface area contributed by atoms with Crippen molar-refractivity contribution in [2.24, 2.45) is 11.8 Å². The van der Waals surface area contributed by atoms with Crippen LogP contribution < -0.4 is 0 Å². The molecule has 1 aliphatic rings. The lowest BCUT2D eigenvalue weighted by molar-refractivity contribution is -0.134. The largest absolute Gasteiger partial charge is 0.334 e. The van der Waals surface area contributed by atoms with Gasteiger partial charge in [-0.25, -0.2) is 0 Å². The molecular formula is C34H44N6O3. The number of pyridine rings is 3. The summed E-state index contributed by atoms with van der Waals surface area (Å²) in [6.07, 6.45) is 11.9. The number of hydrogen-bond donors (Lipinski definition) is 0. The first kappa shape index (κ1) is 31.8. The fourth-order valence-electron chi connectivity index (χ4n) is 5.34. The molecule has 3 aromatic rings. The number of aromatic nitrogens is 3. The molecule has 0 saturated heterocycles. The van der Waals surface area contributed by atoms with Gasteiger partial charge in [0.15, 0.2) is 0 Å². The van der Waals surface area contributed by atoms with Gasteiger partial charge in [0.25, 0.3) is 0 Å². The molecule has 6 bridgehead atoms. The second-order valence-electron chi connectivity index (χ2n) is 12.4. The van der Waals surface area contributed by atoms with E-state index in [1.807, 2.05) is 67.5 Å². The summed E-state index contributed by atoms with van der Waals surface area (Å²) < 4.78 is 0. The summed E-state index contributed by atoms with van der Waals surface area (Å²) in [5.74, 6) is 0.578. The average Bonchev–Trinajstić information content (AvgIpc) is 2.95. The Labute approximate surface area is 255 Å². The van der Waals surface area contributed by atoms with Crippen molar-refractivity contribution in [3.8, 4) is 0 Å². The van der Waals surface area contributed by atoms with Crippen LogP contribution >= 0.6 is 0 Å². The van der Waals surface area contributed by atoms with E-state index >= 15 is 0 Å².